The Kier molecular flexibility index (Phi) is 5.08. The molecule has 1 radical (unpaired) electrons. The van der Waals surface area contributed by atoms with E-state index in [1.165, 1.54) is 0 Å². The Morgan fingerprint density at radius 3 is 2.38 bits per heavy atom. The van der Waals surface area contributed by atoms with E-state index in [0.29, 0.717) is 0 Å². The van der Waals surface area contributed by atoms with Gasteiger partial charge in [-0.3, -0.25) is 0 Å². The third-order valence-corrected chi connectivity index (χ3v) is 2.42. The highest BCUT2D eigenvalue weighted by Gasteiger charge is 2.08. The molecule has 49 valence electrons. The van der Waals surface area contributed by atoms with E-state index >= 15 is 0 Å². The molecule has 0 heterocycles. The summed E-state index contributed by atoms with van der Waals surface area (Å²) in [4.78, 5) is 0.198. The van der Waals surface area contributed by atoms with Crippen molar-refractivity contribution in [3.05, 3.63) is 6.92 Å². The van der Waals surface area contributed by atoms with Crippen LogP contribution in [0, 0.1) is 6.92 Å². The molecule has 0 nitrogen and oxygen atoms in total. The molecular weight excluding hydrogens is 187 g/mol. The number of halogens is 2. The van der Waals surface area contributed by atoms with Crippen LogP contribution in [0.1, 0.15) is 19.8 Å². The Hall–Kier alpha value is 0.770. The summed E-state index contributed by atoms with van der Waals surface area (Å²) in [6, 6.07) is 0. The average molecular weight is 199 g/mol. The summed E-state index contributed by atoms with van der Waals surface area (Å²) >= 11 is 9.10. The van der Waals surface area contributed by atoms with Crippen LogP contribution in [0.3, 0.4) is 0 Å². The molecule has 0 bridgehead atoms. The molecule has 0 saturated carbocycles. The maximum Gasteiger partial charge on any atom is 0.0461 e. The lowest BCUT2D eigenvalue weighted by molar-refractivity contribution is 0.750. The van der Waals surface area contributed by atoms with Gasteiger partial charge in [-0.05, 0) is 13.3 Å². The topological polar surface area (TPSA) is 0 Å². The first kappa shape index (κ1) is 8.77. The molecule has 0 aromatic carbocycles. The van der Waals surface area contributed by atoms with Gasteiger partial charge in [-0.2, -0.15) is 0 Å². The Balaban J connectivity index is 3.17. The van der Waals surface area contributed by atoms with Crippen molar-refractivity contribution >= 4 is 27.5 Å². The maximum atomic E-state index is 5.81. The summed E-state index contributed by atoms with van der Waals surface area (Å²) in [7, 11) is 0. The fourth-order valence-corrected chi connectivity index (χ4v) is 0.939. The lowest BCUT2D eigenvalue weighted by Crippen LogP contribution is -2.09. The zero-order valence-electron chi connectivity index (χ0n) is 5.03. The minimum absolute atomic E-state index is 0.194. The van der Waals surface area contributed by atoms with Gasteiger partial charge in [0, 0.05) is 10.2 Å². The molecule has 0 N–H and O–H groups in total. The first-order valence-electron chi connectivity index (χ1n) is 2.79. The number of hydrogen-bond acceptors (Lipinski definition) is 0. The molecule has 0 spiro atoms. The Bertz CT molecular complexity index is 54.5. The van der Waals surface area contributed by atoms with Crippen LogP contribution in [0.15, 0.2) is 0 Å². The van der Waals surface area contributed by atoms with Gasteiger partial charge < -0.3 is 0 Å². The van der Waals surface area contributed by atoms with E-state index in [-0.39, 0.29) is 10.2 Å². The summed E-state index contributed by atoms with van der Waals surface area (Å²) in [6.45, 7) is 5.86. The van der Waals surface area contributed by atoms with Gasteiger partial charge in [0.25, 0.3) is 0 Å². The normalized spacial score (nSPS) is 18.0. The van der Waals surface area contributed by atoms with Crippen LogP contribution < -0.4 is 0 Å². The van der Waals surface area contributed by atoms with E-state index in [4.69, 9.17) is 11.6 Å². The van der Waals surface area contributed by atoms with Crippen molar-refractivity contribution in [1.82, 2.24) is 0 Å². The van der Waals surface area contributed by atoms with Crippen molar-refractivity contribution in [2.75, 3.05) is 0 Å². The Labute approximate surface area is 64.7 Å². The molecule has 0 rings (SSSR count). The van der Waals surface area contributed by atoms with E-state index in [0.717, 1.165) is 12.8 Å². The Morgan fingerprint density at radius 2 is 2.25 bits per heavy atom. The molecule has 0 saturated heterocycles. The third-order valence-electron chi connectivity index (χ3n) is 0.957. The SMILES string of the molecule is [CH2]C(Br)C(Cl)CCC. The van der Waals surface area contributed by atoms with E-state index in [9.17, 15) is 0 Å². The van der Waals surface area contributed by atoms with Gasteiger partial charge in [0.05, 0.1) is 0 Å². The molecule has 2 atom stereocenters. The van der Waals surface area contributed by atoms with Gasteiger partial charge in [0.1, 0.15) is 0 Å². The predicted molar refractivity (Wildman–Crippen MR) is 42.6 cm³/mol. The van der Waals surface area contributed by atoms with Gasteiger partial charge >= 0.3 is 0 Å². The van der Waals surface area contributed by atoms with Crippen LogP contribution in [0.5, 0.6) is 0 Å². The van der Waals surface area contributed by atoms with E-state index in [1.807, 2.05) is 0 Å². The first-order chi connectivity index (χ1) is 3.68. The second kappa shape index (κ2) is 4.63. The van der Waals surface area contributed by atoms with Crippen molar-refractivity contribution in [1.29, 1.82) is 0 Å². The van der Waals surface area contributed by atoms with Gasteiger partial charge in [-0.1, -0.05) is 29.3 Å². The lowest BCUT2D eigenvalue weighted by atomic mass is 10.2. The summed E-state index contributed by atoms with van der Waals surface area (Å²) in [6.07, 6.45) is 2.17. The zero-order chi connectivity index (χ0) is 6.57. The van der Waals surface area contributed by atoms with Crippen LogP contribution in [0.4, 0.5) is 0 Å². The van der Waals surface area contributed by atoms with Crippen LogP contribution in [0.25, 0.3) is 0 Å². The molecule has 0 aromatic rings. The highest BCUT2D eigenvalue weighted by molar-refractivity contribution is 9.09. The lowest BCUT2D eigenvalue weighted by Gasteiger charge is -2.08. The summed E-state index contributed by atoms with van der Waals surface area (Å²) in [5.41, 5.74) is 0. The minimum Gasteiger partial charge on any atom is -0.122 e. The van der Waals surface area contributed by atoms with Gasteiger partial charge in [-0.25, -0.2) is 0 Å². The summed E-state index contributed by atoms with van der Waals surface area (Å²) < 4.78 is 0. The van der Waals surface area contributed by atoms with Crippen LogP contribution >= 0.6 is 27.5 Å². The average Bonchev–Trinajstić information content (AvgIpc) is 1.67. The predicted octanol–water partition coefficient (Wildman–Crippen LogP) is 2.99. The molecule has 0 aromatic heterocycles. The second-order valence-electron chi connectivity index (χ2n) is 1.82. The van der Waals surface area contributed by atoms with Gasteiger partial charge in [0.15, 0.2) is 0 Å². The van der Waals surface area contributed by atoms with Crippen molar-refractivity contribution in [2.45, 2.75) is 30.0 Å². The van der Waals surface area contributed by atoms with Crippen LogP contribution in [-0.2, 0) is 0 Å². The van der Waals surface area contributed by atoms with Crippen LogP contribution in [-0.4, -0.2) is 10.2 Å². The standard InChI is InChI=1S/C6H11BrCl/c1-3-4-6(8)5(2)7/h5-6H,2-4H2,1H3. The molecule has 0 aliphatic rings. The highest BCUT2D eigenvalue weighted by Crippen LogP contribution is 2.15. The van der Waals surface area contributed by atoms with Crippen molar-refractivity contribution in [3.63, 3.8) is 0 Å². The number of alkyl halides is 2. The Morgan fingerprint density at radius 1 is 1.75 bits per heavy atom. The molecule has 0 amide bonds. The summed E-state index contributed by atoms with van der Waals surface area (Å²) in [5.74, 6) is 0. The largest absolute Gasteiger partial charge is 0.122 e. The molecule has 2 heteroatoms. The fraction of sp³-hybridized carbons (Fsp3) is 0.833. The van der Waals surface area contributed by atoms with Crippen LogP contribution in [0.2, 0.25) is 0 Å². The van der Waals surface area contributed by atoms with Crippen molar-refractivity contribution in [3.8, 4) is 0 Å². The second-order valence-corrected chi connectivity index (χ2v) is 3.56. The van der Waals surface area contributed by atoms with E-state index in [2.05, 4.69) is 29.8 Å². The molecule has 2 unspecified atom stereocenters. The minimum atomic E-state index is 0.194. The van der Waals surface area contributed by atoms with Gasteiger partial charge in [-0.15, -0.1) is 11.6 Å². The smallest absolute Gasteiger partial charge is 0.0461 e. The van der Waals surface area contributed by atoms with Crippen molar-refractivity contribution in [2.24, 2.45) is 0 Å². The van der Waals surface area contributed by atoms with Gasteiger partial charge in [0.2, 0.25) is 0 Å². The zero-order valence-corrected chi connectivity index (χ0v) is 7.37. The highest BCUT2D eigenvalue weighted by atomic mass is 79.9. The van der Waals surface area contributed by atoms with E-state index < -0.39 is 0 Å². The summed E-state index contributed by atoms with van der Waals surface area (Å²) in [5, 5.41) is 0.194. The molecule has 8 heavy (non-hydrogen) atoms. The molecule has 0 aliphatic carbocycles. The third kappa shape index (κ3) is 3.73. The number of rotatable bonds is 3. The maximum absolute atomic E-state index is 5.81. The quantitative estimate of drug-likeness (QED) is 0.612. The first-order valence-corrected chi connectivity index (χ1v) is 4.15. The molecule has 0 fully saturated rings. The van der Waals surface area contributed by atoms with Crippen molar-refractivity contribution < 1.29 is 0 Å². The fourth-order valence-electron chi connectivity index (χ4n) is 0.457. The molecule has 0 aliphatic heterocycles. The number of hydrogen-bond donors (Lipinski definition) is 0. The van der Waals surface area contributed by atoms with E-state index in [1.54, 1.807) is 0 Å². The molecular formula is C6H11BrCl. The monoisotopic (exact) mass is 197 g/mol.